The predicted molar refractivity (Wildman–Crippen MR) is 89.4 cm³/mol. The second-order valence-corrected chi connectivity index (χ2v) is 4.91. The molecule has 0 unspecified atom stereocenters. The molecule has 0 saturated carbocycles. The molecule has 5 nitrogen and oxygen atoms in total. The second-order valence-electron chi connectivity index (χ2n) is 4.91. The number of pyridine rings is 2. The van der Waals surface area contributed by atoms with E-state index in [9.17, 15) is 4.39 Å². The first-order valence-corrected chi connectivity index (χ1v) is 6.96. The Balaban J connectivity index is 2.09. The number of hydrogen-bond acceptors (Lipinski definition) is 4. The van der Waals surface area contributed by atoms with E-state index in [4.69, 9.17) is 0 Å². The number of hydrogen-bond donors (Lipinski definition) is 1. The molecule has 1 N–H and O–H groups in total. The Morgan fingerprint density at radius 1 is 1.39 bits per heavy atom. The van der Waals surface area contributed by atoms with Crippen molar-refractivity contribution in [2.45, 2.75) is 6.92 Å². The number of nitrogens with one attached hydrogen (secondary N) is 1. The molecule has 0 amide bonds. The summed E-state index contributed by atoms with van der Waals surface area (Å²) in [4.78, 5) is 11.9. The zero-order chi connectivity index (χ0) is 16.2. The molecule has 0 atom stereocenters. The van der Waals surface area contributed by atoms with Crippen molar-refractivity contribution in [2.24, 2.45) is 4.99 Å². The van der Waals surface area contributed by atoms with Crippen molar-refractivity contribution in [3.63, 3.8) is 0 Å². The number of aromatic nitrogens is 4. The average molecular weight is 307 g/mol. The summed E-state index contributed by atoms with van der Waals surface area (Å²) in [7, 11) is 0. The van der Waals surface area contributed by atoms with Crippen LogP contribution >= 0.6 is 0 Å². The number of rotatable bonds is 4. The second kappa shape index (κ2) is 6.31. The quantitative estimate of drug-likeness (QED) is 0.453. The summed E-state index contributed by atoms with van der Waals surface area (Å²) in [5.74, 6) is -0.536. The number of fused-ring (bicyclic) bond motifs is 1. The van der Waals surface area contributed by atoms with Gasteiger partial charge in [-0.25, -0.2) is 4.98 Å². The molecule has 0 aliphatic heterocycles. The smallest absolute Gasteiger partial charge is 0.213 e. The molecule has 0 spiro atoms. The molecule has 3 aromatic heterocycles. The topological polar surface area (TPSA) is 66.8 Å². The van der Waals surface area contributed by atoms with Crippen molar-refractivity contribution in [2.75, 3.05) is 0 Å². The predicted octanol–water partition coefficient (Wildman–Crippen LogP) is 3.78. The molecule has 3 aromatic rings. The summed E-state index contributed by atoms with van der Waals surface area (Å²) in [6, 6.07) is 6.54. The van der Waals surface area contributed by atoms with Crippen LogP contribution in [0.5, 0.6) is 0 Å². The molecule has 0 aromatic carbocycles. The van der Waals surface area contributed by atoms with Gasteiger partial charge in [0.15, 0.2) is 0 Å². The Kier molecular flexibility index (Phi) is 4.05. The molecule has 0 aliphatic carbocycles. The number of halogens is 1. The van der Waals surface area contributed by atoms with Crippen LogP contribution in [0, 0.1) is 5.95 Å². The van der Waals surface area contributed by atoms with E-state index in [0.29, 0.717) is 11.4 Å². The highest BCUT2D eigenvalue weighted by Gasteiger charge is 2.11. The van der Waals surface area contributed by atoms with Crippen molar-refractivity contribution in [3.8, 4) is 11.4 Å². The van der Waals surface area contributed by atoms with Gasteiger partial charge < -0.3 is 0 Å². The third kappa shape index (κ3) is 3.06. The Hall–Kier alpha value is -3.15. The third-order valence-electron chi connectivity index (χ3n) is 3.35. The lowest BCUT2D eigenvalue weighted by Crippen LogP contribution is -1.89. The SMILES string of the molecule is C=N/C=C\C=C(/C)c1cc2c(-c3cccc(F)n3)n[nH]c2cn1. The summed E-state index contributed by atoms with van der Waals surface area (Å²) < 4.78 is 13.3. The van der Waals surface area contributed by atoms with E-state index in [-0.39, 0.29) is 0 Å². The van der Waals surface area contributed by atoms with Crippen molar-refractivity contribution < 1.29 is 4.39 Å². The molecular weight excluding hydrogens is 293 g/mol. The Morgan fingerprint density at radius 2 is 2.26 bits per heavy atom. The van der Waals surface area contributed by atoms with Crippen LogP contribution in [-0.2, 0) is 0 Å². The molecule has 3 rings (SSSR count). The maximum atomic E-state index is 13.3. The molecule has 114 valence electrons. The number of H-pyrrole nitrogens is 1. The highest BCUT2D eigenvalue weighted by atomic mass is 19.1. The molecule has 0 bridgehead atoms. The summed E-state index contributed by atoms with van der Waals surface area (Å²) in [6.45, 7) is 5.33. The maximum Gasteiger partial charge on any atom is 0.213 e. The van der Waals surface area contributed by atoms with Gasteiger partial charge in [-0.1, -0.05) is 12.1 Å². The average Bonchev–Trinajstić information content (AvgIpc) is 2.98. The van der Waals surface area contributed by atoms with Gasteiger partial charge in [-0.2, -0.15) is 9.49 Å². The summed E-state index contributed by atoms with van der Waals surface area (Å²) in [6.07, 6.45) is 6.98. The highest BCUT2D eigenvalue weighted by Crippen LogP contribution is 2.26. The lowest BCUT2D eigenvalue weighted by Gasteiger charge is -2.01. The van der Waals surface area contributed by atoms with E-state index in [2.05, 4.69) is 31.9 Å². The minimum Gasteiger partial charge on any atom is -0.276 e. The van der Waals surface area contributed by atoms with Crippen LogP contribution < -0.4 is 0 Å². The molecule has 0 fully saturated rings. The zero-order valence-corrected chi connectivity index (χ0v) is 12.5. The minimum atomic E-state index is -0.536. The fourth-order valence-electron chi connectivity index (χ4n) is 2.20. The van der Waals surface area contributed by atoms with E-state index in [1.165, 1.54) is 6.07 Å². The van der Waals surface area contributed by atoms with Crippen LogP contribution in [0.4, 0.5) is 4.39 Å². The van der Waals surface area contributed by atoms with Gasteiger partial charge in [-0.15, -0.1) is 0 Å². The molecule has 3 heterocycles. The lowest BCUT2D eigenvalue weighted by molar-refractivity contribution is 0.585. The first kappa shape index (κ1) is 14.8. The van der Waals surface area contributed by atoms with Gasteiger partial charge in [0.1, 0.15) is 5.69 Å². The number of nitrogens with zero attached hydrogens (tertiary/aromatic N) is 4. The van der Waals surface area contributed by atoms with Crippen LogP contribution in [0.15, 0.2) is 53.8 Å². The Labute approximate surface area is 132 Å². The number of aromatic amines is 1. The van der Waals surface area contributed by atoms with Crippen molar-refractivity contribution >= 4 is 23.2 Å². The Morgan fingerprint density at radius 3 is 3.04 bits per heavy atom. The molecular formula is C17H14FN5. The fraction of sp³-hybridized carbons (Fsp3) is 0.0588. The van der Waals surface area contributed by atoms with Gasteiger partial charge in [0.25, 0.3) is 0 Å². The highest BCUT2D eigenvalue weighted by molar-refractivity contribution is 5.93. The monoisotopic (exact) mass is 307 g/mol. The van der Waals surface area contributed by atoms with Crippen LogP contribution in [0.2, 0.25) is 0 Å². The summed E-state index contributed by atoms with van der Waals surface area (Å²) in [5.41, 5.74) is 3.60. The normalized spacial score (nSPS) is 12.2. The Bertz CT molecular complexity index is 924. The summed E-state index contributed by atoms with van der Waals surface area (Å²) >= 11 is 0. The molecule has 6 heteroatoms. The largest absolute Gasteiger partial charge is 0.276 e. The fourth-order valence-corrected chi connectivity index (χ4v) is 2.20. The van der Waals surface area contributed by atoms with E-state index in [0.717, 1.165) is 22.2 Å². The van der Waals surface area contributed by atoms with Crippen LogP contribution in [0.25, 0.3) is 27.9 Å². The van der Waals surface area contributed by atoms with Gasteiger partial charge >= 0.3 is 0 Å². The molecule has 23 heavy (non-hydrogen) atoms. The minimum absolute atomic E-state index is 0.478. The number of allylic oxidation sites excluding steroid dienone is 3. The number of aliphatic imine (C=N–C) groups is 1. The summed E-state index contributed by atoms with van der Waals surface area (Å²) in [5, 5.41) is 7.96. The zero-order valence-electron chi connectivity index (χ0n) is 12.5. The van der Waals surface area contributed by atoms with Gasteiger partial charge in [0.05, 0.1) is 23.1 Å². The van der Waals surface area contributed by atoms with E-state index in [1.54, 1.807) is 30.6 Å². The first-order chi connectivity index (χ1) is 11.2. The maximum absolute atomic E-state index is 13.3. The van der Waals surface area contributed by atoms with E-state index in [1.807, 2.05) is 19.1 Å². The van der Waals surface area contributed by atoms with Crippen molar-refractivity contribution in [3.05, 3.63) is 60.5 Å². The van der Waals surface area contributed by atoms with Crippen molar-refractivity contribution in [1.29, 1.82) is 0 Å². The molecule has 0 saturated heterocycles. The first-order valence-electron chi connectivity index (χ1n) is 6.96. The standard InChI is InChI=1S/C17H14FN5/c1-11(5-4-8-19-2)14-9-12-15(10-20-14)22-23-17(12)13-6-3-7-16(18)21-13/h3-10H,2H2,1H3,(H,22,23)/b8-4-,11-5+. The molecule has 0 radical (unpaired) electrons. The van der Waals surface area contributed by atoms with E-state index < -0.39 is 5.95 Å². The van der Waals surface area contributed by atoms with Crippen LogP contribution in [0.1, 0.15) is 12.6 Å². The third-order valence-corrected chi connectivity index (χ3v) is 3.35. The van der Waals surface area contributed by atoms with Gasteiger partial charge in [-0.3, -0.25) is 15.1 Å². The van der Waals surface area contributed by atoms with Gasteiger partial charge in [-0.05, 0) is 43.5 Å². The van der Waals surface area contributed by atoms with Crippen LogP contribution in [0.3, 0.4) is 0 Å². The lowest BCUT2D eigenvalue weighted by atomic mass is 10.1. The van der Waals surface area contributed by atoms with Crippen molar-refractivity contribution in [1.82, 2.24) is 20.2 Å². The molecule has 0 aliphatic rings. The van der Waals surface area contributed by atoms with Crippen LogP contribution in [-0.4, -0.2) is 26.9 Å². The van der Waals surface area contributed by atoms with Gasteiger partial charge in [0.2, 0.25) is 5.95 Å². The van der Waals surface area contributed by atoms with Gasteiger partial charge in [0, 0.05) is 11.6 Å². The van der Waals surface area contributed by atoms with E-state index >= 15 is 0 Å².